The van der Waals surface area contributed by atoms with Crippen molar-refractivity contribution in [2.45, 2.75) is 24.5 Å². The van der Waals surface area contributed by atoms with Gasteiger partial charge in [0.1, 0.15) is 5.82 Å². The van der Waals surface area contributed by atoms with Crippen LogP contribution < -0.4 is 20.5 Å². The number of hydrogen-bond acceptors (Lipinski definition) is 9. The fourth-order valence-electron chi connectivity index (χ4n) is 3.98. The van der Waals surface area contributed by atoms with E-state index < -0.39 is 10.0 Å². The SMILES string of the molecule is COc1cc(C2=C(c3ccnc(NCCNS(=O)(=O)C4CC4)n3)N=C(c3ccc(F)cc3)C2)cnc1N. The highest BCUT2D eigenvalue weighted by atomic mass is 32.2. The lowest BCUT2D eigenvalue weighted by atomic mass is 9.98. The van der Waals surface area contributed by atoms with E-state index in [0.717, 1.165) is 22.4 Å². The van der Waals surface area contributed by atoms with E-state index >= 15 is 0 Å². The second kappa shape index (κ2) is 10.2. The van der Waals surface area contributed by atoms with E-state index in [2.05, 4.69) is 25.0 Å². The minimum absolute atomic E-state index is 0.226. The van der Waals surface area contributed by atoms with Gasteiger partial charge in [0.15, 0.2) is 11.6 Å². The molecule has 4 N–H and O–H groups in total. The Bertz CT molecular complexity index is 1490. The summed E-state index contributed by atoms with van der Waals surface area (Å²) < 4.78 is 45.5. The van der Waals surface area contributed by atoms with Crippen LogP contribution in [-0.4, -0.2) is 54.5 Å². The lowest BCUT2D eigenvalue weighted by Crippen LogP contribution is -2.31. The molecule has 0 saturated heterocycles. The number of aromatic nitrogens is 3. The van der Waals surface area contributed by atoms with Crippen molar-refractivity contribution >= 4 is 38.8 Å². The average molecular weight is 524 g/mol. The summed E-state index contributed by atoms with van der Waals surface area (Å²) in [5.74, 6) is 0.734. The maximum Gasteiger partial charge on any atom is 0.223 e. The summed E-state index contributed by atoms with van der Waals surface area (Å²) in [7, 11) is -1.73. The summed E-state index contributed by atoms with van der Waals surface area (Å²) in [4.78, 5) is 18.0. The Morgan fingerprint density at radius 2 is 1.89 bits per heavy atom. The van der Waals surface area contributed by atoms with E-state index in [0.29, 0.717) is 48.9 Å². The van der Waals surface area contributed by atoms with E-state index in [9.17, 15) is 12.8 Å². The molecule has 1 aliphatic heterocycles. The first-order chi connectivity index (χ1) is 17.8. The molecule has 192 valence electrons. The van der Waals surface area contributed by atoms with Crippen molar-refractivity contribution in [3.05, 3.63) is 71.4 Å². The lowest BCUT2D eigenvalue weighted by Gasteiger charge is -2.10. The number of sulfonamides is 1. The monoisotopic (exact) mass is 523 g/mol. The Morgan fingerprint density at radius 3 is 2.62 bits per heavy atom. The summed E-state index contributed by atoms with van der Waals surface area (Å²) in [5, 5.41) is 2.79. The number of methoxy groups -OCH3 is 1. The van der Waals surface area contributed by atoms with Gasteiger partial charge in [0.05, 0.1) is 29.5 Å². The van der Waals surface area contributed by atoms with Crippen LogP contribution in [0.5, 0.6) is 5.75 Å². The average Bonchev–Trinajstić information content (AvgIpc) is 3.68. The van der Waals surface area contributed by atoms with Gasteiger partial charge >= 0.3 is 0 Å². The molecule has 0 bridgehead atoms. The Labute approximate surface area is 214 Å². The molecule has 0 spiro atoms. The Balaban J connectivity index is 1.42. The first-order valence-electron chi connectivity index (χ1n) is 11.8. The van der Waals surface area contributed by atoms with E-state index in [1.54, 1.807) is 36.7 Å². The number of ether oxygens (including phenoxy) is 1. The highest BCUT2D eigenvalue weighted by Crippen LogP contribution is 2.38. The van der Waals surface area contributed by atoms with Gasteiger partial charge in [-0.3, -0.25) is 0 Å². The van der Waals surface area contributed by atoms with Crippen LogP contribution in [0.1, 0.15) is 36.1 Å². The first-order valence-corrected chi connectivity index (χ1v) is 13.3. The van der Waals surface area contributed by atoms with Crippen molar-refractivity contribution in [1.29, 1.82) is 0 Å². The number of anilines is 2. The maximum absolute atomic E-state index is 13.5. The van der Waals surface area contributed by atoms with E-state index in [1.807, 2.05) is 0 Å². The molecule has 0 unspecified atom stereocenters. The van der Waals surface area contributed by atoms with Gasteiger partial charge in [-0.1, -0.05) is 12.1 Å². The van der Waals surface area contributed by atoms with Crippen LogP contribution in [0.2, 0.25) is 0 Å². The van der Waals surface area contributed by atoms with Crippen molar-refractivity contribution in [2.24, 2.45) is 4.99 Å². The molecule has 12 heteroatoms. The van der Waals surface area contributed by atoms with Gasteiger partial charge in [-0.25, -0.2) is 37.5 Å². The zero-order chi connectivity index (χ0) is 26.0. The topological polar surface area (TPSA) is 144 Å². The fourth-order valence-corrected chi connectivity index (χ4v) is 5.35. The third-order valence-corrected chi connectivity index (χ3v) is 8.03. The second-order valence-corrected chi connectivity index (χ2v) is 10.8. The molecule has 1 saturated carbocycles. The van der Waals surface area contributed by atoms with Gasteiger partial charge in [0, 0.05) is 37.5 Å². The number of benzene rings is 1. The predicted octanol–water partition coefficient (Wildman–Crippen LogP) is 2.86. The third-order valence-electron chi connectivity index (χ3n) is 6.08. The quantitative estimate of drug-likeness (QED) is 0.344. The molecule has 1 fully saturated rings. The molecule has 37 heavy (non-hydrogen) atoms. The Kier molecular flexibility index (Phi) is 6.85. The molecule has 3 aromatic rings. The number of rotatable bonds is 10. The van der Waals surface area contributed by atoms with Crippen LogP contribution in [0.3, 0.4) is 0 Å². The highest BCUT2D eigenvalue weighted by molar-refractivity contribution is 7.90. The van der Waals surface area contributed by atoms with E-state index in [4.69, 9.17) is 15.5 Å². The Hall–Kier alpha value is -3.90. The van der Waals surface area contributed by atoms with E-state index in [1.165, 1.54) is 19.2 Å². The van der Waals surface area contributed by atoms with Crippen LogP contribution in [0.25, 0.3) is 11.3 Å². The van der Waals surface area contributed by atoms with Crippen LogP contribution in [0.15, 0.2) is 53.8 Å². The zero-order valence-electron chi connectivity index (χ0n) is 20.1. The van der Waals surface area contributed by atoms with Crippen molar-refractivity contribution in [3.8, 4) is 5.75 Å². The van der Waals surface area contributed by atoms with Crippen LogP contribution in [0.4, 0.5) is 16.2 Å². The van der Waals surface area contributed by atoms with E-state index in [-0.39, 0.29) is 23.4 Å². The molecule has 10 nitrogen and oxygen atoms in total. The molecule has 5 rings (SSSR count). The van der Waals surface area contributed by atoms with Gasteiger partial charge in [0.25, 0.3) is 0 Å². The van der Waals surface area contributed by atoms with Crippen LogP contribution >= 0.6 is 0 Å². The summed E-state index contributed by atoms with van der Waals surface area (Å²) >= 11 is 0. The number of pyridine rings is 1. The molecule has 0 atom stereocenters. The summed E-state index contributed by atoms with van der Waals surface area (Å²) in [6, 6.07) is 9.71. The van der Waals surface area contributed by atoms with Gasteiger partial charge in [-0.2, -0.15) is 0 Å². The number of nitrogen functional groups attached to an aromatic ring is 1. The number of nitrogens with zero attached hydrogens (tertiary/aromatic N) is 4. The van der Waals surface area contributed by atoms with Gasteiger partial charge in [0.2, 0.25) is 16.0 Å². The molecule has 2 aromatic heterocycles. The number of nitrogens with two attached hydrogens (primary N) is 1. The van der Waals surface area contributed by atoms with Gasteiger partial charge in [-0.15, -0.1) is 0 Å². The van der Waals surface area contributed by atoms with Crippen LogP contribution in [-0.2, 0) is 10.0 Å². The molecule has 0 radical (unpaired) electrons. The van der Waals surface area contributed by atoms with Crippen molar-refractivity contribution in [1.82, 2.24) is 19.7 Å². The number of allylic oxidation sites excluding steroid dienone is 1. The largest absolute Gasteiger partial charge is 0.493 e. The Morgan fingerprint density at radius 1 is 1.11 bits per heavy atom. The second-order valence-electron chi connectivity index (χ2n) is 8.71. The minimum Gasteiger partial charge on any atom is -0.493 e. The molecule has 3 heterocycles. The highest BCUT2D eigenvalue weighted by Gasteiger charge is 2.35. The number of nitrogens with one attached hydrogen (secondary N) is 2. The third kappa shape index (κ3) is 5.59. The first kappa shape index (κ1) is 24.8. The predicted molar refractivity (Wildman–Crippen MR) is 140 cm³/mol. The smallest absolute Gasteiger partial charge is 0.223 e. The standard InChI is InChI=1S/C25H26FN7O3S/c1-36-22-12-16(14-30-24(22)27)19-13-21(15-2-4-17(26)5-3-15)32-23(19)20-8-9-28-25(33-20)29-10-11-31-37(34,35)18-6-7-18/h2-5,8-9,12,14,18,31H,6-7,10-11,13H2,1H3,(H2,27,30)(H,28,29,33). The normalized spacial score (nSPS) is 15.6. The number of hydrogen-bond donors (Lipinski definition) is 3. The molecule has 1 aromatic carbocycles. The van der Waals surface area contributed by atoms with Crippen molar-refractivity contribution < 1.29 is 17.5 Å². The lowest BCUT2D eigenvalue weighted by molar-refractivity contribution is 0.415. The molecule has 2 aliphatic rings. The summed E-state index contributed by atoms with van der Waals surface area (Å²) in [6.07, 6.45) is 5.15. The van der Waals surface area contributed by atoms with Crippen LogP contribution in [0, 0.1) is 5.82 Å². The number of halogens is 1. The zero-order valence-corrected chi connectivity index (χ0v) is 20.9. The van der Waals surface area contributed by atoms with Crippen molar-refractivity contribution in [3.63, 3.8) is 0 Å². The fraction of sp³-hybridized carbons (Fsp3) is 0.280. The summed E-state index contributed by atoms with van der Waals surface area (Å²) in [6.45, 7) is 0.550. The van der Waals surface area contributed by atoms with Gasteiger partial charge < -0.3 is 15.8 Å². The van der Waals surface area contributed by atoms with Gasteiger partial charge in [-0.05, 0) is 48.2 Å². The molecule has 1 aliphatic carbocycles. The van der Waals surface area contributed by atoms with Crippen molar-refractivity contribution in [2.75, 3.05) is 31.2 Å². The maximum atomic E-state index is 13.5. The minimum atomic E-state index is -3.25. The molecule has 0 amide bonds. The number of aliphatic imine (C=N–C) groups is 1. The molecular weight excluding hydrogens is 497 g/mol. The summed E-state index contributed by atoms with van der Waals surface area (Å²) in [5.41, 5.74) is 10.3. The molecular formula is C25H26FN7O3S.